The molecule has 0 saturated carbocycles. The molecule has 1 rings (SSSR count). The number of carbonyl (C=O) groups is 1. The van der Waals surface area contributed by atoms with Gasteiger partial charge in [0.05, 0.1) is 0 Å². The number of hydrogen-bond donors (Lipinski definition) is 1. The molecule has 0 spiro atoms. The van der Waals surface area contributed by atoms with E-state index in [4.69, 9.17) is 0 Å². The van der Waals surface area contributed by atoms with Crippen LogP contribution in [0.25, 0.3) is 0 Å². The van der Waals surface area contributed by atoms with Crippen molar-refractivity contribution in [1.82, 2.24) is 5.32 Å². The van der Waals surface area contributed by atoms with Crippen LogP contribution in [0.4, 0.5) is 8.78 Å². The molecular weight excluding hydrogens is 212 g/mol. The quantitative estimate of drug-likeness (QED) is 0.841. The average molecular weight is 227 g/mol. The highest BCUT2D eigenvalue weighted by molar-refractivity contribution is 5.76. The van der Waals surface area contributed by atoms with E-state index in [9.17, 15) is 13.6 Å². The van der Waals surface area contributed by atoms with Crippen molar-refractivity contribution in [2.75, 3.05) is 0 Å². The second-order valence-electron chi connectivity index (χ2n) is 3.72. The minimum Gasteiger partial charge on any atom is -0.343 e. The molecule has 1 aromatic carbocycles. The van der Waals surface area contributed by atoms with Gasteiger partial charge in [0.15, 0.2) is 0 Å². The molecule has 4 heteroatoms. The van der Waals surface area contributed by atoms with E-state index >= 15 is 0 Å². The van der Waals surface area contributed by atoms with Gasteiger partial charge in [-0.25, -0.2) is 8.78 Å². The van der Waals surface area contributed by atoms with Gasteiger partial charge in [-0.2, -0.15) is 0 Å². The van der Waals surface area contributed by atoms with Gasteiger partial charge in [0.1, 0.15) is 6.04 Å². The van der Waals surface area contributed by atoms with Gasteiger partial charge in [0.25, 0.3) is 5.92 Å². The molecule has 1 amide bonds. The number of amides is 1. The van der Waals surface area contributed by atoms with E-state index in [-0.39, 0.29) is 12.3 Å². The van der Waals surface area contributed by atoms with Gasteiger partial charge in [-0.05, 0) is 5.56 Å². The lowest BCUT2D eigenvalue weighted by atomic mass is 10.0. The molecule has 0 aliphatic carbocycles. The third kappa shape index (κ3) is 3.29. The Balaban J connectivity index is 2.93. The lowest BCUT2D eigenvalue weighted by molar-refractivity contribution is -0.125. The maximum atomic E-state index is 13.4. The molecule has 0 bridgehead atoms. The molecule has 1 aromatic rings. The minimum absolute atomic E-state index is 0.194. The molecule has 16 heavy (non-hydrogen) atoms. The highest BCUT2D eigenvalue weighted by Gasteiger charge is 2.36. The zero-order valence-electron chi connectivity index (χ0n) is 9.34. The Morgan fingerprint density at radius 1 is 1.38 bits per heavy atom. The Kier molecular flexibility index (Phi) is 3.99. The summed E-state index contributed by atoms with van der Waals surface area (Å²) in [5.74, 6) is -3.36. The van der Waals surface area contributed by atoms with Gasteiger partial charge >= 0.3 is 0 Å². The summed E-state index contributed by atoms with van der Waals surface area (Å²) >= 11 is 0. The predicted octanol–water partition coefficient (Wildman–Crippen LogP) is 2.91. The van der Waals surface area contributed by atoms with E-state index in [0.29, 0.717) is 5.56 Å². The molecule has 1 unspecified atom stereocenters. The number of nitrogens with one attached hydrogen (secondary N) is 1. The van der Waals surface area contributed by atoms with Crippen LogP contribution in [0, 0.1) is 0 Å². The second-order valence-corrected chi connectivity index (χ2v) is 3.72. The summed E-state index contributed by atoms with van der Waals surface area (Å²) in [6, 6.07) is 6.99. The summed E-state index contributed by atoms with van der Waals surface area (Å²) in [4.78, 5) is 11.2. The van der Waals surface area contributed by atoms with Gasteiger partial charge in [-0.3, -0.25) is 4.79 Å². The van der Waals surface area contributed by atoms with Crippen LogP contribution in [0.2, 0.25) is 0 Å². The van der Waals surface area contributed by atoms with Crippen molar-refractivity contribution in [3.63, 3.8) is 0 Å². The molecule has 2 nitrogen and oxygen atoms in total. The normalized spacial score (nSPS) is 13.2. The number of alkyl halides is 2. The maximum absolute atomic E-state index is 13.4. The number of rotatable bonds is 4. The first-order chi connectivity index (χ1) is 7.45. The van der Waals surface area contributed by atoms with E-state index < -0.39 is 12.0 Å². The van der Waals surface area contributed by atoms with Crippen molar-refractivity contribution >= 4 is 5.91 Å². The number of halogens is 2. The molecular formula is C12H15F2NO. The molecule has 0 aromatic heterocycles. The molecule has 0 radical (unpaired) electrons. The van der Waals surface area contributed by atoms with Crippen LogP contribution in [-0.4, -0.2) is 11.8 Å². The first-order valence-electron chi connectivity index (χ1n) is 5.17. The number of hydrogen-bond acceptors (Lipinski definition) is 1. The van der Waals surface area contributed by atoms with Crippen LogP contribution in [0.5, 0.6) is 0 Å². The van der Waals surface area contributed by atoms with Crippen LogP contribution >= 0.6 is 0 Å². The van der Waals surface area contributed by atoms with Crippen molar-refractivity contribution in [3.05, 3.63) is 35.9 Å². The smallest absolute Gasteiger partial charge is 0.269 e. The highest BCUT2D eigenvalue weighted by Crippen LogP contribution is 2.30. The topological polar surface area (TPSA) is 29.1 Å². The summed E-state index contributed by atoms with van der Waals surface area (Å²) in [6.45, 7) is 2.44. The van der Waals surface area contributed by atoms with Crippen LogP contribution in [0.3, 0.4) is 0 Å². The third-order valence-corrected chi connectivity index (χ3v) is 2.27. The zero-order valence-corrected chi connectivity index (χ0v) is 9.34. The first kappa shape index (κ1) is 12.6. The molecule has 1 N–H and O–H groups in total. The van der Waals surface area contributed by atoms with Gasteiger partial charge in [0, 0.05) is 13.3 Å². The van der Waals surface area contributed by atoms with Crippen molar-refractivity contribution in [3.8, 4) is 0 Å². The van der Waals surface area contributed by atoms with E-state index in [1.807, 2.05) is 0 Å². The van der Waals surface area contributed by atoms with E-state index in [1.165, 1.54) is 0 Å². The molecule has 0 heterocycles. The number of benzene rings is 1. The molecule has 0 saturated heterocycles. The van der Waals surface area contributed by atoms with E-state index in [0.717, 1.165) is 6.92 Å². The largest absolute Gasteiger partial charge is 0.343 e. The molecule has 0 fully saturated rings. The van der Waals surface area contributed by atoms with Crippen molar-refractivity contribution in [2.24, 2.45) is 0 Å². The van der Waals surface area contributed by atoms with Gasteiger partial charge in [-0.15, -0.1) is 0 Å². The summed E-state index contributed by atoms with van der Waals surface area (Å²) in [5.41, 5.74) is 0.414. The molecule has 1 atom stereocenters. The first-order valence-corrected chi connectivity index (χ1v) is 5.17. The highest BCUT2D eigenvalue weighted by atomic mass is 19.3. The third-order valence-electron chi connectivity index (χ3n) is 2.27. The standard InChI is InChI=1S/C12H15F2NO/c1-3-10(16)15-11(12(2,13)14)9-7-5-4-6-8-9/h4-8,11H,3H2,1-2H3,(H,15,16). The van der Waals surface area contributed by atoms with Gasteiger partial charge in [0.2, 0.25) is 5.91 Å². The Hall–Kier alpha value is -1.45. The summed E-state index contributed by atoms with van der Waals surface area (Å²) < 4.78 is 26.7. The average Bonchev–Trinajstić information content (AvgIpc) is 2.25. The van der Waals surface area contributed by atoms with Crippen LogP contribution < -0.4 is 5.32 Å². The van der Waals surface area contributed by atoms with Crippen molar-refractivity contribution in [2.45, 2.75) is 32.2 Å². The Morgan fingerprint density at radius 2 is 1.94 bits per heavy atom. The van der Waals surface area contributed by atoms with Gasteiger partial charge in [-0.1, -0.05) is 37.3 Å². The fourth-order valence-corrected chi connectivity index (χ4v) is 1.41. The number of carbonyl (C=O) groups excluding carboxylic acids is 1. The maximum Gasteiger partial charge on any atom is 0.269 e. The lowest BCUT2D eigenvalue weighted by Gasteiger charge is -2.25. The SMILES string of the molecule is CCC(=O)NC(c1ccccc1)C(C)(F)F. The molecule has 0 aliphatic heterocycles. The predicted molar refractivity (Wildman–Crippen MR) is 58.2 cm³/mol. The summed E-state index contributed by atoms with van der Waals surface area (Å²) in [6.07, 6.45) is 0.194. The Morgan fingerprint density at radius 3 is 2.38 bits per heavy atom. The minimum atomic E-state index is -2.98. The fraction of sp³-hybridized carbons (Fsp3) is 0.417. The molecule has 88 valence electrons. The Labute approximate surface area is 93.7 Å². The lowest BCUT2D eigenvalue weighted by Crippen LogP contribution is -2.38. The fourth-order valence-electron chi connectivity index (χ4n) is 1.41. The molecule has 0 aliphatic rings. The van der Waals surface area contributed by atoms with Crippen molar-refractivity contribution in [1.29, 1.82) is 0 Å². The van der Waals surface area contributed by atoms with E-state index in [2.05, 4.69) is 5.32 Å². The monoisotopic (exact) mass is 227 g/mol. The summed E-state index contributed by atoms with van der Waals surface area (Å²) in [5, 5.41) is 2.33. The van der Waals surface area contributed by atoms with Crippen LogP contribution in [0.15, 0.2) is 30.3 Å². The Bertz CT molecular complexity index is 346. The van der Waals surface area contributed by atoms with Crippen LogP contribution in [-0.2, 0) is 4.79 Å². The van der Waals surface area contributed by atoms with Gasteiger partial charge < -0.3 is 5.32 Å². The second kappa shape index (κ2) is 5.05. The van der Waals surface area contributed by atoms with Crippen molar-refractivity contribution < 1.29 is 13.6 Å². The zero-order chi connectivity index (χ0) is 12.2. The van der Waals surface area contributed by atoms with Crippen LogP contribution in [0.1, 0.15) is 31.9 Å². The summed E-state index contributed by atoms with van der Waals surface area (Å²) in [7, 11) is 0. The van der Waals surface area contributed by atoms with E-state index in [1.54, 1.807) is 37.3 Å².